The van der Waals surface area contributed by atoms with E-state index in [-0.39, 0.29) is 12.4 Å². The molecule has 30 heavy (non-hydrogen) atoms. The largest absolute Gasteiger partial charge is 0.493 e. The van der Waals surface area contributed by atoms with E-state index < -0.39 is 0 Å². The Bertz CT molecular complexity index is 999. The molecule has 0 aliphatic rings. The number of rotatable bonds is 9. The first-order valence-electron chi connectivity index (χ1n) is 9.34. The first kappa shape index (κ1) is 22.9. The molecule has 0 aromatic heterocycles. The van der Waals surface area contributed by atoms with Gasteiger partial charge in [-0.25, -0.2) is 4.39 Å². The molecule has 7 heteroatoms. The van der Waals surface area contributed by atoms with Crippen LogP contribution in [0.15, 0.2) is 59.1 Å². The average Bonchev–Trinajstić information content (AvgIpc) is 2.72. The molecule has 1 N–H and O–H groups in total. The highest BCUT2D eigenvalue weighted by Crippen LogP contribution is 2.37. The normalized spacial score (nSPS) is 10.8. The molecule has 0 bridgehead atoms. The summed E-state index contributed by atoms with van der Waals surface area (Å²) in [5.74, 6) is 0.801. The summed E-state index contributed by atoms with van der Waals surface area (Å²) in [5.41, 5.74) is 2.98. The van der Waals surface area contributed by atoms with E-state index in [1.807, 2.05) is 36.4 Å². The molecule has 3 aromatic carbocycles. The van der Waals surface area contributed by atoms with Crippen molar-refractivity contribution in [3.05, 3.63) is 91.6 Å². The Labute approximate surface area is 194 Å². The van der Waals surface area contributed by atoms with Crippen molar-refractivity contribution in [1.29, 1.82) is 0 Å². The van der Waals surface area contributed by atoms with Gasteiger partial charge in [0.05, 0.1) is 16.6 Å². The van der Waals surface area contributed by atoms with Crippen LogP contribution >= 0.6 is 39.1 Å². The number of hydrogen-bond acceptors (Lipinski definition) is 3. The molecule has 0 atom stereocenters. The molecule has 0 amide bonds. The van der Waals surface area contributed by atoms with E-state index in [1.165, 1.54) is 17.7 Å². The van der Waals surface area contributed by atoms with Gasteiger partial charge < -0.3 is 14.8 Å². The summed E-state index contributed by atoms with van der Waals surface area (Å²) in [4.78, 5) is 0. The van der Waals surface area contributed by atoms with E-state index >= 15 is 0 Å². The summed E-state index contributed by atoms with van der Waals surface area (Å²) in [7, 11) is 1.59. The molecule has 3 rings (SSSR count). The van der Waals surface area contributed by atoms with Crippen molar-refractivity contribution in [3.8, 4) is 11.5 Å². The highest BCUT2D eigenvalue weighted by molar-refractivity contribution is 9.10. The number of benzene rings is 3. The van der Waals surface area contributed by atoms with E-state index in [1.54, 1.807) is 13.2 Å². The predicted molar refractivity (Wildman–Crippen MR) is 123 cm³/mol. The zero-order valence-electron chi connectivity index (χ0n) is 16.4. The molecular formula is C23H21BrCl2FNO2. The van der Waals surface area contributed by atoms with Crippen molar-refractivity contribution < 1.29 is 13.9 Å². The lowest BCUT2D eigenvalue weighted by Gasteiger charge is -2.15. The SMILES string of the molecule is COc1cc(CNCCc2ccc(Cl)cc2)cc(Br)c1OCc1ccc(F)cc1Cl. The first-order valence-corrected chi connectivity index (χ1v) is 10.9. The predicted octanol–water partition coefficient (Wildman–Crippen LogP) is 6.81. The third kappa shape index (κ3) is 6.35. The van der Waals surface area contributed by atoms with Crippen LogP contribution in [0.5, 0.6) is 11.5 Å². The van der Waals surface area contributed by atoms with Crippen molar-refractivity contribution in [2.24, 2.45) is 0 Å². The van der Waals surface area contributed by atoms with Gasteiger partial charge in [0.25, 0.3) is 0 Å². The van der Waals surface area contributed by atoms with Gasteiger partial charge in [0.15, 0.2) is 11.5 Å². The minimum atomic E-state index is -0.379. The minimum absolute atomic E-state index is 0.201. The fourth-order valence-corrected chi connectivity index (χ4v) is 3.87. The summed E-state index contributed by atoms with van der Waals surface area (Å²) < 4.78 is 25.4. The lowest BCUT2D eigenvalue weighted by atomic mass is 10.1. The van der Waals surface area contributed by atoms with Gasteiger partial charge in [-0.05, 0) is 76.4 Å². The van der Waals surface area contributed by atoms with Crippen LogP contribution in [0.1, 0.15) is 16.7 Å². The van der Waals surface area contributed by atoms with Crippen molar-refractivity contribution in [3.63, 3.8) is 0 Å². The lowest BCUT2D eigenvalue weighted by Crippen LogP contribution is -2.16. The fraction of sp³-hybridized carbons (Fsp3) is 0.217. The molecule has 3 nitrogen and oxygen atoms in total. The first-order chi connectivity index (χ1) is 14.5. The van der Waals surface area contributed by atoms with Gasteiger partial charge in [-0.3, -0.25) is 0 Å². The molecule has 0 unspecified atom stereocenters. The van der Waals surface area contributed by atoms with E-state index in [2.05, 4.69) is 21.2 Å². The maximum absolute atomic E-state index is 13.2. The van der Waals surface area contributed by atoms with Crippen molar-refractivity contribution in [1.82, 2.24) is 5.32 Å². The summed E-state index contributed by atoms with van der Waals surface area (Å²) in [6, 6.07) is 16.0. The van der Waals surface area contributed by atoms with Gasteiger partial charge in [0.1, 0.15) is 12.4 Å². The average molecular weight is 513 g/mol. The second-order valence-electron chi connectivity index (χ2n) is 6.69. The Morgan fingerprint density at radius 1 is 1.00 bits per heavy atom. The highest BCUT2D eigenvalue weighted by atomic mass is 79.9. The van der Waals surface area contributed by atoms with Crippen LogP contribution in [-0.2, 0) is 19.6 Å². The molecule has 0 aliphatic heterocycles. The van der Waals surface area contributed by atoms with Gasteiger partial charge >= 0.3 is 0 Å². The Morgan fingerprint density at radius 2 is 1.77 bits per heavy atom. The monoisotopic (exact) mass is 511 g/mol. The van der Waals surface area contributed by atoms with Crippen LogP contribution in [0, 0.1) is 5.82 Å². The Balaban J connectivity index is 1.59. The second-order valence-corrected chi connectivity index (χ2v) is 8.38. The molecule has 158 valence electrons. The van der Waals surface area contributed by atoms with E-state index in [4.69, 9.17) is 32.7 Å². The van der Waals surface area contributed by atoms with E-state index in [0.29, 0.717) is 28.6 Å². The van der Waals surface area contributed by atoms with Crippen molar-refractivity contribution >= 4 is 39.1 Å². The van der Waals surface area contributed by atoms with Crippen LogP contribution in [0.25, 0.3) is 0 Å². The van der Waals surface area contributed by atoms with Crippen LogP contribution in [0.4, 0.5) is 4.39 Å². The van der Waals surface area contributed by atoms with Crippen LogP contribution < -0.4 is 14.8 Å². The quantitative estimate of drug-likeness (QED) is 0.319. The second kappa shape index (κ2) is 11.0. The summed E-state index contributed by atoms with van der Waals surface area (Å²) in [6.45, 7) is 1.72. The van der Waals surface area contributed by atoms with Crippen molar-refractivity contribution in [2.75, 3.05) is 13.7 Å². The van der Waals surface area contributed by atoms with Crippen molar-refractivity contribution in [2.45, 2.75) is 19.6 Å². The van der Waals surface area contributed by atoms with Crippen LogP contribution in [-0.4, -0.2) is 13.7 Å². The third-order valence-electron chi connectivity index (χ3n) is 4.51. The number of ether oxygens (including phenoxy) is 2. The summed E-state index contributed by atoms with van der Waals surface area (Å²) >= 11 is 15.6. The lowest BCUT2D eigenvalue weighted by molar-refractivity contribution is 0.282. The van der Waals surface area contributed by atoms with Gasteiger partial charge in [0.2, 0.25) is 0 Å². The zero-order chi connectivity index (χ0) is 21.5. The third-order valence-corrected chi connectivity index (χ3v) is 5.70. The number of nitrogens with one attached hydrogen (secondary N) is 1. The highest BCUT2D eigenvalue weighted by Gasteiger charge is 2.13. The standard InChI is InChI=1S/C23H21BrCl2FNO2/c1-29-22-11-16(13-28-9-8-15-2-5-18(25)6-3-15)10-20(24)23(22)30-14-17-4-7-19(27)12-21(17)26/h2-7,10-12,28H,8-9,13-14H2,1H3. The van der Waals surface area contributed by atoms with E-state index in [9.17, 15) is 4.39 Å². The molecule has 0 spiro atoms. The fourth-order valence-electron chi connectivity index (χ4n) is 2.92. The van der Waals surface area contributed by atoms with Crippen LogP contribution in [0.2, 0.25) is 10.0 Å². The van der Waals surface area contributed by atoms with Crippen LogP contribution in [0.3, 0.4) is 0 Å². The number of methoxy groups -OCH3 is 1. The maximum atomic E-state index is 13.2. The summed E-state index contributed by atoms with van der Waals surface area (Å²) in [5, 5.41) is 4.50. The van der Waals surface area contributed by atoms with Gasteiger partial charge in [-0.1, -0.05) is 41.4 Å². The Morgan fingerprint density at radius 3 is 2.47 bits per heavy atom. The molecule has 0 saturated heterocycles. The van der Waals surface area contributed by atoms with Gasteiger partial charge in [-0.2, -0.15) is 0 Å². The zero-order valence-corrected chi connectivity index (χ0v) is 19.5. The molecule has 3 aromatic rings. The molecule has 0 saturated carbocycles. The number of halogens is 4. The topological polar surface area (TPSA) is 30.5 Å². The van der Waals surface area contributed by atoms with Gasteiger partial charge in [0, 0.05) is 17.1 Å². The number of hydrogen-bond donors (Lipinski definition) is 1. The smallest absolute Gasteiger partial charge is 0.175 e. The molecule has 0 aliphatic carbocycles. The van der Waals surface area contributed by atoms with Gasteiger partial charge in [-0.15, -0.1) is 0 Å². The molecule has 0 radical (unpaired) electrons. The summed E-state index contributed by atoms with van der Waals surface area (Å²) in [6.07, 6.45) is 0.912. The molecule has 0 fully saturated rings. The minimum Gasteiger partial charge on any atom is -0.493 e. The Hall–Kier alpha value is -1.79. The molecule has 0 heterocycles. The Kier molecular flexibility index (Phi) is 8.40. The van der Waals surface area contributed by atoms with E-state index in [0.717, 1.165) is 28.0 Å². The molecular weight excluding hydrogens is 492 g/mol. The maximum Gasteiger partial charge on any atom is 0.175 e.